The molecule has 4 rings (SSSR count). The van der Waals surface area contributed by atoms with Gasteiger partial charge < -0.3 is 20.7 Å². The van der Waals surface area contributed by atoms with Crippen LogP contribution in [0.2, 0.25) is 5.02 Å². The molecule has 4 aromatic carbocycles. The Bertz CT molecular complexity index is 1590. The van der Waals surface area contributed by atoms with Crippen molar-refractivity contribution in [3.05, 3.63) is 124 Å². The maximum Gasteiger partial charge on any atom is 0.272 e. The van der Waals surface area contributed by atoms with E-state index in [1.807, 2.05) is 37.3 Å². The minimum absolute atomic E-state index is 0.0395. The zero-order valence-corrected chi connectivity index (χ0v) is 24.0. The number of amides is 3. The van der Waals surface area contributed by atoms with E-state index in [9.17, 15) is 14.4 Å². The fourth-order valence-corrected chi connectivity index (χ4v) is 4.74. The summed E-state index contributed by atoms with van der Waals surface area (Å²) >= 11 is 7.38. The summed E-state index contributed by atoms with van der Waals surface area (Å²) in [5.41, 5.74) is 3.16. The zero-order valence-electron chi connectivity index (χ0n) is 22.4. The molecule has 0 atom stereocenters. The van der Waals surface area contributed by atoms with Crippen LogP contribution in [-0.2, 0) is 9.59 Å². The molecule has 0 unspecified atom stereocenters. The van der Waals surface area contributed by atoms with Crippen LogP contribution in [0.25, 0.3) is 6.08 Å². The van der Waals surface area contributed by atoms with Gasteiger partial charge in [-0.15, -0.1) is 11.8 Å². The molecule has 3 N–H and O–H groups in total. The summed E-state index contributed by atoms with van der Waals surface area (Å²) in [6, 6.07) is 28.3. The van der Waals surface area contributed by atoms with Gasteiger partial charge in [0.1, 0.15) is 11.4 Å². The van der Waals surface area contributed by atoms with Crippen LogP contribution in [-0.4, -0.2) is 30.6 Å². The predicted molar refractivity (Wildman–Crippen MR) is 165 cm³/mol. The monoisotopic (exact) mass is 585 g/mol. The number of carbonyl (C=O) groups excluding carboxylic acids is 3. The van der Waals surface area contributed by atoms with Gasteiger partial charge in [0.15, 0.2) is 0 Å². The SMILES string of the molecule is COc1ccccc1/C=C(/NC(=O)c1ccccc1)C(=O)Nc1cccc(SCC(=O)Nc2cc(Cl)ccc2C)c1. The molecule has 9 heteroatoms. The van der Waals surface area contributed by atoms with E-state index in [1.165, 1.54) is 18.9 Å². The van der Waals surface area contributed by atoms with Gasteiger partial charge in [-0.1, -0.05) is 60.1 Å². The third-order valence-corrected chi connectivity index (χ3v) is 7.13. The number of hydrogen-bond donors (Lipinski definition) is 3. The van der Waals surface area contributed by atoms with Crippen molar-refractivity contribution in [3.8, 4) is 5.75 Å². The molecule has 0 aliphatic carbocycles. The lowest BCUT2D eigenvalue weighted by Gasteiger charge is -2.13. The Morgan fingerprint density at radius 1 is 0.878 bits per heavy atom. The van der Waals surface area contributed by atoms with E-state index in [2.05, 4.69) is 16.0 Å². The van der Waals surface area contributed by atoms with Crippen molar-refractivity contribution >= 4 is 58.5 Å². The third kappa shape index (κ3) is 8.48. The molecule has 3 amide bonds. The first kappa shape index (κ1) is 29.5. The molecular formula is C32H28ClN3O4S. The Labute approximate surface area is 248 Å². The number of thioether (sulfide) groups is 1. The van der Waals surface area contributed by atoms with E-state index in [-0.39, 0.29) is 17.4 Å². The average Bonchev–Trinajstić information content (AvgIpc) is 2.98. The van der Waals surface area contributed by atoms with Crippen molar-refractivity contribution < 1.29 is 19.1 Å². The van der Waals surface area contributed by atoms with E-state index in [4.69, 9.17) is 16.3 Å². The van der Waals surface area contributed by atoms with Crippen molar-refractivity contribution in [3.63, 3.8) is 0 Å². The van der Waals surface area contributed by atoms with Crippen LogP contribution >= 0.6 is 23.4 Å². The number of ether oxygens (including phenoxy) is 1. The topological polar surface area (TPSA) is 96.5 Å². The van der Waals surface area contributed by atoms with E-state index in [0.717, 1.165) is 10.5 Å². The molecule has 0 saturated carbocycles. The normalized spacial score (nSPS) is 11.0. The highest BCUT2D eigenvalue weighted by Gasteiger charge is 2.16. The van der Waals surface area contributed by atoms with E-state index < -0.39 is 11.8 Å². The van der Waals surface area contributed by atoms with Gasteiger partial charge in [0.25, 0.3) is 11.8 Å². The number of nitrogens with one attached hydrogen (secondary N) is 3. The molecule has 0 aliphatic heterocycles. The van der Waals surface area contributed by atoms with Gasteiger partial charge in [0.2, 0.25) is 5.91 Å². The van der Waals surface area contributed by atoms with Crippen molar-refractivity contribution in [1.29, 1.82) is 0 Å². The first-order valence-corrected chi connectivity index (χ1v) is 14.0. The molecule has 0 aromatic heterocycles. The predicted octanol–water partition coefficient (Wildman–Crippen LogP) is 6.80. The number of benzene rings is 4. The number of hydrogen-bond acceptors (Lipinski definition) is 5. The smallest absolute Gasteiger partial charge is 0.272 e. The summed E-state index contributed by atoms with van der Waals surface area (Å²) in [4.78, 5) is 39.7. The Balaban J connectivity index is 1.48. The Kier molecular flexibility index (Phi) is 10.2. The second-order valence-corrected chi connectivity index (χ2v) is 10.4. The van der Waals surface area contributed by atoms with Crippen LogP contribution in [0.3, 0.4) is 0 Å². The molecule has 7 nitrogen and oxygen atoms in total. The number of halogens is 1. The number of carbonyl (C=O) groups is 3. The van der Waals surface area contributed by atoms with Gasteiger partial charge >= 0.3 is 0 Å². The number of aryl methyl sites for hydroxylation is 1. The molecule has 0 spiro atoms. The number of para-hydroxylation sites is 1. The number of anilines is 2. The van der Waals surface area contributed by atoms with Gasteiger partial charge in [-0.2, -0.15) is 0 Å². The Morgan fingerprint density at radius 3 is 2.41 bits per heavy atom. The lowest BCUT2D eigenvalue weighted by atomic mass is 10.1. The largest absolute Gasteiger partial charge is 0.496 e. The van der Waals surface area contributed by atoms with Crippen LogP contribution in [0.5, 0.6) is 5.75 Å². The first-order valence-electron chi connectivity index (χ1n) is 12.6. The second-order valence-electron chi connectivity index (χ2n) is 8.90. The number of methoxy groups -OCH3 is 1. The zero-order chi connectivity index (χ0) is 29.2. The fourth-order valence-electron chi connectivity index (χ4n) is 3.81. The van der Waals surface area contributed by atoms with Gasteiger partial charge in [0, 0.05) is 32.4 Å². The van der Waals surface area contributed by atoms with Gasteiger partial charge in [-0.25, -0.2) is 0 Å². The van der Waals surface area contributed by atoms with E-state index in [0.29, 0.717) is 33.3 Å². The van der Waals surface area contributed by atoms with E-state index in [1.54, 1.807) is 72.8 Å². The average molecular weight is 586 g/mol. The molecule has 0 aliphatic rings. The van der Waals surface area contributed by atoms with Crippen LogP contribution in [0.4, 0.5) is 11.4 Å². The standard InChI is InChI=1S/C32H28ClN3O4S/c1-21-15-16-24(33)18-27(21)35-30(37)20-41-26-13-8-12-25(19-26)34-32(39)28(17-23-11-6-7-14-29(23)40-2)36-31(38)22-9-4-3-5-10-22/h3-19H,20H2,1-2H3,(H,34,39)(H,35,37)(H,36,38)/b28-17+. The molecule has 208 valence electrons. The van der Waals surface area contributed by atoms with Gasteiger partial charge in [0.05, 0.1) is 12.9 Å². The summed E-state index contributed by atoms with van der Waals surface area (Å²) in [6.45, 7) is 1.89. The summed E-state index contributed by atoms with van der Waals surface area (Å²) in [5, 5.41) is 8.99. The minimum Gasteiger partial charge on any atom is -0.496 e. The molecule has 0 fully saturated rings. The Morgan fingerprint density at radius 2 is 1.63 bits per heavy atom. The molecule has 0 saturated heterocycles. The second kappa shape index (κ2) is 14.2. The minimum atomic E-state index is -0.517. The van der Waals surface area contributed by atoms with E-state index >= 15 is 0 Å². The summed E-state index contributed by atoms with van der Waals surface area (Å²) < 4.78 is 5.41. The van der Waals surface area contributed by atoms with Crippen LogP contribution in [0, 0.1) is 6.92 Å². The quantitative estimate of drug-likeness (QED) is 0.140. The first-order chi connectivity index (χ1) is 19.8. The molecule has 4 aromatic rings. The van der Waals surface area contributed by atoms with Crippen LogP contribution in [0.1, 0.15) is 21.5 Å². The fraction of sp³-hybridized carbons (Fsp3) is 0.0938. The van der Waals surface area contributed by atoms with Crippen molar-refractivity contribution in [2.75, 3.05) is 23.5 Å². The molecule has 0 heterocycles. The highest BCUT2D eigenvalue weighted by molar-refractivity contribution is 8.00. The number of rotatable bonds is 10. The van der Waals surface area contributed by atoms with Crippen molar-refractivity contribution in [2.45, 2.75) is 11.8 Å². The lowest BCUT2D eigenvalue weighted by molar-refractivity contribution is -0.114. The van der Waals surface area contributed by atoms with Gasteiger partial charge in [-0.3, -0.25) is 14.4 Å². The highest BCUT2D eigenvalue weighted by Crippen LogP contribution is 2.25. The van der Waals surface area contributed by atoms with Gasteiger partial charge in [-0.05, 0) is 67.1 Å². The summed E-state index contributed by atoms with van der Waals surface area (Å²) in [6.07, 6.45) is 1.57. The van der Waals surface area contributed by atoms with Crippen LogP contribution in [0.15, 0.2) is 108 Å². The Hall–Kier alpha value is -4.53. The third-order valence-electron chi connectivity index (χ3n) is 5.90. The maximum absolute atomic E-state index is 13.4. The van der Waals surface area contributed by atoms with Crippen molar-refractivity contribution in [1.82, 2.24) is 5.32 Å². The highest BCUT2D eigenvalue weighted by atomic mass is 35.5. The van der Waals surface area contributed by atoms with Crippen molar-refractivity contribution in [2.24, 2.45) is 0 Å². The summed E-state index contributed by atoms with van der Waals surface area (Å²) in [7, 11) is 1.54. The maximum atomic E-state index is 13.4. The molecule has 0 radical (unpaired) electrons. The lowest BCUT2D eigenvalue weighted by Crippen LogP contribution is -2.30. The summed E-state index contributed by atoms with van der Waals surface area (Å²) in [5.74, 6) is -0.407. The molecular weight excluding hydrogens is 558 g/mol. The van der Waals surface area contributed by atoms with Crippen LogP contribution < -0.4 is 20.7 Å². The molecule has 41 heavy (non-hydrogen) atoms. The molecule has 0 bridgehead atoms.